The van der Waals surface area contributed by atoms with Crippen molar-refractivity contribution in [2.24, 2.45) is 0 Å². The number of carbonyl (C=O) groups excluding carboxylic acids is 3. The van der Waals surface area contributed by atoms with E-state index in [-0.39, 0.29) is 84.0 Å². The van der Waals surface area contributed by atoms with Gasteiger partial charge in [0.15, 0.2) is 17.3 Å². The first kappa shape index (κ1) is 48.3. The van der Waals surface area contributed by atoms with E-state index in [1.165, 1.54) is 72.8 Å². The molecule has 0 aliphatic heterocycles. The number of allylic oxidation sites excluding steroid dienone is 6. The summed E-state index contributed by atoms with van der Waals surface area (Å²) < 4.78 is 106. The Morgan fingerprint density at radius 1 is 0.417 bits per heavy atom. The van der Waals surface area contributed by atoms with Crippen molar-refractivity contribution >= 4 is 17.3 Å². The molecule has 0 saturated heterocycles. The van der Waals surface area contributed by atoms with Gasteiger partial charge in [0.1, 0.15) is 0 Å². The SMILES string of the molecule is O=C(/C=C(\[O-])C(F)(F)F)c1ccccc1.O=C(/C=C(\[O-])C(F)(F)F)c1ccccc1.O=C(/C=C(\[O-])C(F)(F)F)c1ccccc1.[Dy+3].[OH3+].[OH3+]. The fourth-order valence-corrected chi connectivity index (χ4v) is 2.66. The molecule has 0 atom stereocenters. The van der Waals surface area contributed by atoms with Gasteiger partial charge in [-0.3, -0.25) is 14.4 Å². The van der Waals surface area contributed by atoms with E-state index >= 15 is 0 Å². The Bertz CT molecular complexity index is 1330. The minimum absolute atomic E-state index is 0. The van der Waals surface area contributed by atoms with Gasteiger partial charge in [0.05, 0.1) is 0 Å². The average molecular weight is 846 g/mol. The summed E-state index contributed by atoms with van der Waals surface area (Å²) >= 11 is 0. The summed E-state index contributed by atoms with van der Waals surface area (Å²) in [7, 11) is 0. The zero-order valence-electron chi connectivity index (χ0n) is 23.7. The first-order valence-electron chi connectivity index (χ1n) is 11.9. The first-order chi connectivity index (χ1) is 20.7. The molecule has 263 valence electrons. The van der Waals surface area contributed by atoms with Crippen LogP contribution >= 0.6 is 0 Å². The van der Waals surface area contributed by atoms with Crippen LogP contribution in [0.25, 0.3) is 0 Å². The minimum Gasteiger partial charge on any atom is -0.869 e. The number of benzene rings is 3. The molecule has 0 aromatic heterocycles. The fourth-order valence-electron chi connectivity index (χ4n) is 2.66. The molecule has 0 amide bonds. The monoisotopic (exact) mass is 847 g/mol. The Balaban J connectivity index is -0.000000614. The van der Waals surface area contributed by atoms with E-state index in [2.05, 4.69) is 0 Å². The second-order valence-corrected chi connectivity index (χ2v) is 8.21. The normalized spacial score (nSPS) is 11.8. The summed E-state index contributed by atoms with van der Waals surface area (Å²) in [5.74, 6) is -9.27. The van der Waals surface area contributed by atoms with Crippen molar-refractivity contribution in [2.75, 3.05) is 0 Å². The van der Waals surface area contributed by atoms with Gasteiger partial charge in [-0.25, -0.2) is 0 Å². The van der Waals surface area contributed by atoms with Gasteiger partial charge in [-0.2, -0.15) is 39.5 Å². The largest absolute Gasteiger partial charge is 3.00 e. The van der Waals surface area contributed by atoms with Crippen LogP contribution in [-0.2, 0) is 11.0 Å². The fraction of sp³-hybridized carbons (Fsp3) is 0.100. The maximum Gasteiger partial charge on any atom is 3.00 e. The summed E-state index contributed by atoms with van der Waals surface area (Å²) in [6.45, 7) is 0. The minimum atomic E-state index is -5.00. The predicted molar refractivity (Wildman–Crippen MR) is 144 cm³/mol. The van der Waals surface area contributed by atoms with Gasteiger partial charge < -0.3 is 26.3 Å². The molecule has 3 rings (SSSR count). The molecule has 3 aromatic carbocycles. The summed E-state index contributed by atoms with van der Waals surface area (Å²) in [5, 5.41) is 31.3. The Morgan fingerprint density at radius 2 is 0.583 bits per heavy atom. The van der Waals surface area contributed by atoms with Gasteiger partial charge in [-0.1, -0.05) is 91.0 Å². The molecule has 8 nitrogen and oxygen atoms in total. The van der Waals surface area contributed by atoms with Crippen LogP contribution in [-0.4, -0.2) is 35.9 Å². The van der Waals surface area contributed by atoms with E-state index < -0.39 is 53.2 Å². The standard InChI is InChI=1S/3C10H7F3O2.Dy.2H2O/c3*11-10(12,13)9(15)6-8(14)7-4-2-1-3-5-7;;;/h3*1-6,15H;;2*1H2/q;;;+3;;/p-1/b3*9-6-;;;. The molecule has 0 bridgehead atoms. The molecule has 18 heteroatoms. The van der Waals surface area contributed by atoms with Crippen LogP contribution in [0, 0.1) is 38.2 Å². The molecule has 0 aliphatic carbocycles. The molecule has 0 fully saturated rings. The quantitative estimate of drug-likeness (QED) is 0.121. The van der Waals surface area contributed by atoms with Crippen molar-refractivity contribution in [3.8, 4) is 0 Å². The third-order valence-corrected chi connectivity index (χ3v) is 4.80. The molecule has 0 heterocycles. The summed E-state index contributed by atoms with van der Waals surface area (Å²) in [6, 6.07) is 21.9. The van der Waals surface area contributed by atoms with Crippen LogP contribution in [0.4, 0.5) is 39.5 Å². The first-order valence-corrected chi connectivity index (χ1v) is 11.9. The van der Waals surface area contributed by atoms with Gasteiger partial charge >= 0.3 is 56.7 Å². The molecule has 6 N–H and O–H groups in total. The van der Waals surface area contributed by atoms with E-state index in [0.29, 0.717) is 0 Å². The molecular formula is C30H24DyF9O8+2. The summed E-state index contributed by atoms with van der Waals surface area (Å²) in [6.07, 6.45) is -14.8. The van der Waals surface area contributed by atoms with Crippen molar-refractivity contribution in [1.29, 1.82) is 0 Å². The number of ketones is 3. The zero-order chi connectivity index (χ0) is 34.4. The Labute approximate surface area is 296 Å². The van der Waals surface area contributed by atoms with E-state index in [1.54, 1.807) is 18.2 Å². The summed E-state index contributed by atoms with van der Waals surface area (Å²) in [5.41, 5.74) is 0.153. The predicted octanol–water partition coefficient (Wildman–Crippen LogP) is 3.18. The van der Waals surface area contributed by atoms with Gasteiger partial charge in [-0.15, -0.1) is 0 Å². The molecule has 3 aromatic rings. The van der Waals surface area contributed by atoms with E-state index in [0.717, 1.165) is 0 Å². The van der Waals surface area contributed by atoms with E-state index in [4.69, 9.17) is 0 Å². The van der Waals surface area contributed by atoms with E-state index in [1.807, 2.05) is 0 Å². The third-order valence-electron chi connectivity index (χ3n) is 4.80. The molecule has 1 radical (unpaired) electrons. The van der Waals surface area contributed by atoms with Crippen molar-refractivity contribution in [3.63, 3.8) is 0 Å². The maximum absolute atomic E-state index is 11.8. The van der Waals surface area contributed by atoms with Crippen molar-refractivity contribution in [3.05, 3.63) is 143 Å². The third kappa shape index (κ3) is 18.3. The summed E-state index contributed by atoms with van der Waals surface area (Å²) in [4.78, 5) is 33.4. The number of alkyl halides is 9. The van der Waals surface area contributed by atoms with Crippen molar-refractivity contribution in [1.82, 2.24) is 0 Å². The van der Waals surface area contributed by atoms with Crippen LogP contribution in [0.2, 0.25) is 0 Å². The Morgan fingerprint density at radius 3 is 0.729 bits per heavy atom. The Hall–Kier alpha value is -4.15. The second kappa shape index (κ2) is 21.7. The molecule has 0 unspecified atom stereocenters. The molecule has 48 heavy (non-hydrogen) atoms. The number of rotatable bonds is 6. The van der Waals surface area contributed by atoms with Crippen LogP contribution in [0.3, 0.4) is 0 Å². The van der Waals surface area contributed by atoms with Crippen LogP contribution in [0.1, 0.15) is 31.1 Å². The Kier molecular flexibility index (Phi) is 21.8. The topological polar surface area (TPSA) is 186 Å². The van der Waals surface area contributed by atoms with E-state index in [9.17, 15) is 69.2 Å². The molecular weight excluding hydrogens is 822 g/mol. The smallest absolute Gasteiger partial charge is 0.869 e. The second-order valence-electron chi connectivity index (χ2n) is 8.21. The van der Waals surface area contributed by atoms with Gasteiger partial charge in [0.25, 0.3) is 0 Å². The van der Waals surface area contributed by atoms with Gasteiger partial charge in [0.2, 0.25) is 0 Å². The molecule has 0 spiro atoms. The van der Waals surface area contributed by atoms with Crippen molar-refractivity contribution in [2.45, 2.75) is 18.5 Å². The van der Waals surface area contributed by atoms with Gasteiger partial charge in [-0.05, 0) is 35.5 Å². The van der Waals surface area contributed by atoms with Crippen LogP contribution < -0.4 is 15.3 Å². The number of halogens is 9. The van der Waals surface area contributed by atoms with Crippen LogP contribution in [0.5, 0.6) is 0 Å². The molecule has 0 saturated carbocycles. The average Bonchev–Trinajstić information content (AvgIpc) is 2.97. The molecule has 0 aliphatic rings. The zero-order valence-corrected chi connectivity index (χ0v) is 25.7. The number of carbonyl (C=O) groups is 3. The van der Waals surface area contributed by atoms with Gasteiger partial charge in [0, 0.05) is 16.7 Å². The maximum atomic E-state index is 11.8. The number of hydrogen-bond acceptors (Lipinski definition) is 6. The van der Waals surface area contributed by atoms with Crippen LogP contribution in [0.15, 0.2) is 127 Å². The number of hydrogen-bond donors (Lipinski definition) is 0. The van der Waals surface area contributed by atoms with Crippen molar-refractivity contribution < 1.29 is 118 Å².